The molecule has 182 valence electrons. The van der Waals surface area contributed by atoms with Gasteiger partial charge in [0.15, 0.2) is 9.84 Å². The molecule has 0 bridgehead atoms. The Bertz CT molecular complexity index is 1190. The topological polar surface area (TPSA) is 74.8 Å². The smallest absolute Gasteiger partial charge is 0.264 e. The number of likely N-dealkylation sites (tertiary alicyclic amines) is 1. The number of halogens is 3. The molecule has 1 fully saturated rings. The standard InChI is InChI=1S/C22H27Cl3N2O4S2/c1-16(4-3-12-26-13-11-20(15-26)32(2,28)29)27(22-14-18(24)7-10-21(22)25)33(30,31)19-8-5-17(23)6-9-19/h5-10,14,16,20H,3-4,11-13,15H2,1-2H3/t16-,20?/m1/s1. The van der Waals surface area contributed by atoms with Crippen molar-refractivity contribution in [2.45, 2.75) is 42.4 Å². The first-order chi connectivity index (χ1) is 15.4. The van der Waals surface area contributed by atoms with Gasteiger partial charge in [0.1, 0.15) is 0 Å². The maximum atomic E-state index is 13.6. The maximum Gasteiger partial charge on any atom is 0.264 e. The molecule has 0 N–H and O–H groups in total. The molecule has 0 aromatic heterocycles. The van der Waals surface area contributed by atoms with Gasteiger partial charge in [0.25, 0.3) is 10.0 Å². The Labute approximate surface area is 211 Å². The summed E-state index contributed by atoms with van der Waals surface area (Å²) in [7, 11) is -7.00. The van der Waals surface area contributed by atoms with Gasteiger partial charge in [-0.25, -0.2) is 16.8 Å². The monoisotopic (exact) mass is 552 g/mol. The van der Waals surface area contributed by atoms with Crippen LogP contribution in [-0.4, -0.2) is 58.9 Å². The molecule has 2 atom stereocenters. The van der Waals surface area contributed by atoms with E-state index in [0.29, 0.717) is 48.1 Å². The van der Waals surface area contributed by atoms with Crippen molar-refractivity contribution in [1.29, 1.82) is 0 Å². The van der Waals surface area contributed by atoms with Crippen molar-refractivity contribution in [2.24, 2.45) is 0 Å². The summed E-state index contributed by atoms with van der Waals surface area (Å²) in [6.45, 7) is 3.75. The Balaban J connectivity index is 1.81. The molecule has 0 aliphatic carbocycles. The Morgan fingerprint density at radius 2 is 1.67 bits per heavy atom. The molecule has 33 heavy (non-hydrogen) atoms. The van der Waals surface area contributed by atoms with Gasteiger partial charge in [-0.3, -0.25) is 4.31 Å². The fraction of sp³-hybridized carbons (Fsp3) is 0.455. The van der Waals surface area contributed by atoms with Crippen LogP contribution in [0.2, 0.25) is 15.1 Å². The number of sulfone groups is 1. The summed E-state index contributed by atoms with van der Waals surface area (Å²) in [5, 5.41) is 0.760. The van der Waals surface area contributed by atoms with Gasteiger partial charge in [-0.15, -0.1) is 0 Å². The van der Waals surface area contributed by atoms with Crippen LogP contribution in [0.3, 0.4) is 0 Å². The summed E-state index contributed by atoms with van der Waals surface area (Å²) in [6, 6.07) is 10.3. The minimum absolute atomic E-state index is 0.102. The molecule has 0 radical (unpaired) electrons. The number of hydrogen-bond donors (Lipinski definition) is 0. The van der Waals surface area contributed by atoms with Crippen molar-refractivity contribution in [3.63, 3.8) is 0 Å². The highest BCUT2D eigenvalue weighted by atomic mass is 35.5. The third-order valence-corrected chi connectivity index (χ3v) is 10.2. The number of hydrogen-bond acceptors (Lipinski definition) is 5. The van der Waals surface area contributed by atoms with Gasteiger partial charge in [0, 0.05) is 28.9 Å². The van der Waals surface area contributed by atoms with Crippen molar-refractivity contribution < 1.29 is 16.8 Å². The molecule has 2 aromatic rings. The molecule has 3 rings (SSSR count). The van der Waals surface area contributed by atoms with E-state index >= 15 is 0 Å². The minimum atomic E-state index is -3.95. The summed E-state index contributed by atoms with van der Waals surface area (Å²) in [6.07, 6.45) is 3.15. The average Bonchev–Trinajstić information content (AvgIpc) is 3.20. The van der Waals surface area contributed by atoms with Gasteiger partial charge in [-0.05, 0) is 81.7 Å². The lowest BCUT2D eigenvalue weighted by molar-refractivity contribution is 0.326. The minimum Gasteiger partial charge on any atom is -0.302 e. The van der Waals surface area contributed by atoms with E-state index in [1.54, 1.807) is 18.2 Å². The second kappa shape index (κ2) is 10.7. The van der Waals surface area contributed by atoms with Gasteiger partial charge in [0.2, 0.25) is 0 Å². The summed E-state index contributed by atoms with van der Waals surface area (Å²) >= 11 is 18.5. The Hall–Kier alpha value is -1.03. The van der Waals surface area contributed by atoms with E-state index < -0.39 is 25.9 Å². The number of anilines is 1. The van der Waals surface area contributed by atoms with E-state index in [2.05, 4.69) is 4.90 Å². The van der Waals surface area contributed by atoms with E-state index in [-0.39, 0.29) is 15.2 Å². The van der Waals surface area contributed by atoms with E-state index in [9.17, 15) is 16.8 Å². The molecule has 0 spiro atoms. The number of sulfonamides is 1. The lowest BCUT2D eigenvalue weighted by atomic mass is 10.1. The second-order valence-corrected chi connectivity index (χ2v) is 13.8. The van der Waals surface area contributed by atoms with Crippen molar-refractivity contribution in [3.05, 3.63) is 57.5 Å². The van der Waals surface area contributed by atoms with Crippen LogP contribution >= 0.6 is 34.8 Å². The predicted molar refractivity (Wildman–Crippen MR) is 136 cm³/mol. The third kappa shape index (κ3) is 6.55. The van der Waals surface area contributed by atoms with Crippen LogP contribution < -0.4 is 4.31 Å². The highest BCUT2D eigenvalue weighted by molar-refractivity contribution is 7.93. The van der Waals surface area contributed by atoms with Crippen molar-refractivity contribution in [3.8, 4) is 0 Å². The normalized spacial score (nSPS) is 18.4. The molecule has 6 nitrogen and oxygen atoms in total. The van der Waals surface area contributed by atoms with Crippen LogP contribution in [-0.2, 0) is 19.9 Å². The first kappa shape index (κ1) is 26.6. The first-order valence-electron chi connectivity index (χ1n) is 10.6. The fourth-order valence-electron chi connectivity index (χ4n) is 4.06. The van der Waals surface area contributed by atoms with Gasteiger partial charge in [-0.1, -0.05) is 34.8 Å². The molecule has 1 aliphatic rings. The summed E-state index contributed by atoms with van der Waals surface area (Å²) in [5.74, 6) is 0. The van der Waals surface area contributed by atoms with Crippen LogP contribution in [0, 0.1) is 0 Å². The predicted octanol–water partition coefficient (Wildman–Crippen LogP) is 5.13. The first-order valence-corrected chi connectivity index (χ1v) is 15.1. The number of rotatable bonds is 9. The van der Waals surface area contributed by atoms with Crippen LogP contribution in [0.15, 0.2) is 47.4 Å². The van der Waals surface area contributed by atoms with Gasteiger partial charge < -0.3 is 4.90 Å². The van der Waals surface area contributed by atoms with Crippen LogP contribution in [0.25, 0.3) is 0 Å². The van der Waals surface area contributed by atoms with Crippen molar-refractivity contribution in [1.82, 2.24) is 4.90 Å². The van der Waals surface area contributed by atoms with Gasteiger partial charge >= 0.3 is 0 Å². The zero-order valence-corrected chi connectivity index (χ0v) is 22.3. The van der Waals surface area contributed by atoms with Crippen LogP contribution in [0.1, 0.15) is 26.2 Å². The molecule has 1 saturated heterocycles. The van der Waals surface area contributed by atoms with Gasteiger partial charge in [0.05, 0.1) is 20.9 Å². The largest absolute Gasteiger partial charge is 0.302 e. The lowest BCUT2D eigenvalue weighted by Gasteiger charge is -2.32. The maximum absolute atomic E-state index is 13.6. The molecule has 2 aromatic carbocycles. The second-order valence-electron chi connectivity index (χ2n) is 8.38. The lowest BCUT2D eigenvalue weighted by Crippen LogP contribution is -2.39. The SMILES string of the molecule is C[C@H](CCCN1CCC(S(C)(=O)=O)C1)N(c1cc(Cl)ccc1Cl)S(=O)(=O)c1ccc(Cl)cc1. The van der Waals surface area contributed by atoms with E-state index in [1.807, 2.05) is 6.92 Å². The Morgan fingerprint density at radius 3 is 2.27 bits per heavy atom. The van der Waals surface area contributed by atoms with E-state index in [0.717, 1.165) is 6.54 Å². The van der Waals surface area contributed by atoms with Crippen molar-refractivity contribution in [2.75, 3.05) is 30.2 Å². The quantitative estimate of drug-likeness (QED) is 0.430. The molecule has 1 aliphatic heterocycles. The highest BCUT2D eigenvalue weighted by Gasteiger charge is 2.32. The molecular formula is C22H27Cl3N2O4S2. The zero-order valence-electron chi connectivity index (χ0n) is 18.4. The number of nitrogens with zero attached hydrogens (tertiary/aromatic N) is 2. The molecular weight excluding hydrogens is 527 g/mol. The van der Waals surface area contributed by atoms with Gasteiger partial charge in [-0.2, -0.15) is 0 Å². The third-order valence-electron chi connectivity index (χ3n) is 5.85. The van der Waals surface area contributed by atoms with Crippen LogP contribution in [0.5, 0.6) is 0 Å². The molecule has 0 saturated carbocycles. The van der Waals surface area contributed by atoms with E-state index in [1.165, 1.54) is 34.8 Å². The van der Waals surface area contributed by atoms with Crippen LogP contribution in [0.4, 0.5) is 5.69 Å². The summed E-state index contributed by atoms with van der Waals surface area (Å²) in [4.78, 5) is 2.22. The van der Waals surface area contributed by atoms with Crippen molar-refractivity contribution >= 4 is 60.4 Å². The average molecular weight is 554 g/mol. The van der Waals surface area contributed by atoms with E-state index in [4.69, 9.17) is 34.8 Å². The summed E-state index contributed by atoms with van der Waals surface area (Å²) in [5.41, 5.74) is 0.310. The molecule has 1 unspecified atom stereocenters. The highest BCUT2D eigenvalue weighted by Crippen LogP contribution is 2.35. The fourth-order valence-corrected chi connectivity index (χ4v) is 7.32. The molecule has 1 heterocycles. The molecule has 11 heteroatoms. The summed E-state index contributed by atoms with van der Waals surface area (Å²) < 4.78 is 52.2. The Morgan fingerprint density at radius 1 is 1.03 bits per heavy atom. The zero-order chi connectivity index (χ0) is 24.4. The molecule has 0 amide bonds. The Kier molecular flexibility index (Phi) is 8.62. The number of benzene rings is 2.